The zero-order valence-electron chi connectivity index (χ0n) is 12.6. The number of hydrogen-bond donors (Lipinski definition) is 1. The van der Waals surface area contributed by atoms with Gasteiger partial charge < -0.3 is 14.6 Å². The fourth-order valence-corrected chi connectivity index (χ4v) is 2.76. The van der Waals surface area contributed by atoms with E-state index in [9.17, 15) is 4.79 Å². The number of fused-ring (bicyclic) bond motifs is 3. The van der Waals surface area contributed by atoms with Crippen LogP contribution in [0.25, 0.3) is 11.3 Å². The van der Waals surface area contributed by atoms with Gasteiger partial charge in [0.1, 0.15) is 12.4 Å². The summed E-state index contributed by atoms with van der Waals surface area (Å²) in [5.41, 5.74) is 2.69. The monoisotopic (exact) mass is 340 g/mol. The predicted molar refractivity (Wildman–Crippen MR) is 88.9 cm³/mol. The Balaban J connectivity index is 1.55. The van der Waals surface area contributed by atoms with Gasteiger partial charge in [0.15, 0.2) is 11.5 Å². The molecule has 0 fully saturated rings. The number of nitrogens with zero attached hydrogens (tertiary/aromatic N) is 1. The average molecular weight is 341 g/mol. The number of para-hydroxylation sites is 1. The van der Waals surface area contributed by atoms with E-state index in [1.807, 2.05) is 36.4 Å². The zero-order chi connectivity index (χ0) is 16.5. The quantitative estimate of drug-likeness (QED) is 0.787. The van der Waals surface area contributed by atoms with E-state index in [4.69, 9.17) is 20.9 Å². The molecule has 2 aromatic carbocycles. The number of ether oxygens (including phenoxy) is 1. The van der Waals surface area contributed by atoms with Gasteiger partial charge in [-0.15, -0.1) is 0 Å². The lowest BCUT2D eigenvalue weighted by atomic mass is 10.0. The van der Waals surface area contributed by atoms with Gasteiger partial charge in [0.2, 0.25) is 0 Å². The molecule has 0 unspecified atom stereocenters. The largest absolute Gasteiger partial charge is 0.488 e. The second-order valence-corrected chi connectivity index (χ2v) is 5.87. The van der Waals surface area contributed by atoms with E-state index in [0.717, 1.165) is 16.9 Å². The van der Waals surface area contributed by atoms with Crippen molar-refractivity contribution in [3.8, 4) is 17.1 Å². The summed E-state index contributed by atoms with van der Waals surface area (Å²) in [6.07, 6.45) is 0. The van der Waals surface area contributed by atoms with Crippen LogP contribution >= 0.6 is 11.6 Å². The van der Waals surface area contributed by atoms with Crippen LogP contribution < -0.4 is 10.1 Å². The van der Waals surface area contributed by atoms with Crippen molar-refractivity contribution in [3.05, 3.63) is 70.4 Å². The first-order valence-electron chi connectivity index (χ1n) is 7.46. The van der Waals surface area contributed by atoms with Crippen molar-refractivity contribution in [2.24, 2.45) is 0 Å². The predicted octanol–water partition coefficient (Wildman–Crippen LogP) is 3.82. The maximum atomic E-state index is 12.4. The molecule has 4 rings (SSSR count). The number of hydrogen-bond acceptors (Lipinski definition) is 4. The molecule has 3 aromatic rings. The first-order chi connectivity index (χ1) is 11.7. The summed E-state index contributed by atoms with van der Waals surface area (Å²) < 4.78 is 11.1. The Labute approximate surface area is 143 Å². The first kappa shape index (κ1) is 14.8. The van der Waals surface area contributed by atoms with Crippen LogP contribution in [-0.2, 0) is 13.2 Å². The van der Waals surface area contributed by atoms with Crippen LogP contribution in [0.5, 0.6) is 5.75 Å². The second-order valence-electron chi connectivity index (χ2n) is 5.43. The summed E-state index contributed by atoms with van der Waals surface area (Å²) in [7, 11) is 0. The Hall–Kier alpha value is -2.79. The molecular weight excluding hydrogens is 328 g/mol. The molecule has 0 atom stereocenters. The SMILES string of the molecule is O=C(NCc1ccc(Cl)cc1)c1noc2c1COc1ccccc1-2. The van der Waals surface area contributed by atoms with E-state index in [2.05, 4.69) is 10.5 Å². The van der Waals surface area contributed by atoms with Crippen LogP contribution in [0.15, 0.2) is 53.1 Å². The summed E-state index contributed by atoms with van der Waals surface area (Å²) in [6.45, 7) is 0.647. The number of amides is 1. The van der Waals surface area contributed by atoms with Gasteiger partial charge in [0, 0.05) is 11.6 Å². The lowest BCUT2D eigenvalue weighted by Crippen LogP contribution is -2.24. The maximum Gasteiger partial charge on any atom is 0.274 e. The third-order valence-corrected chi connectivity index (χ3v) is 4.13. The topological polar surface area (TPSA) is 64.4 Å². The van der Waals surface area contributed by atoms with Crippen LogP contribution in [0.4, 0.5) is 0 Å². The highest BCUT2D eigenvalue weighted by molar-refractivity contribution is 6.30. The van der Waals surface area contributed by atoms with E-state index in [1.165, 1.54) is 0 Å². The van der Waals surface area contributed by atoms with Crippen LogP contribution in [0.1, 0.15) is 21.6 Å². The molecule has 0 saturated heterocycles. The molecule has 1 aromatic heterocycles. The number of carbonyl (C=O) groups is 1. The van der Waals surface area contributed by atoms with Crippen molar-refractivity contribution in [2.45, 2.75) is 13.2 Å². The average Bonchev–Trinajstić information content (AvgIpc) is 3.05. The smallest absolute Gasteiger partial charge is 0.274 e. The molecule has 120 valence electrons. The number of halogens is 1. The normalized spacial score (nSPS) is 12.0. The van der Waals surface area contributed by atoms with Gasteiger partial charge in [-0.25, -0.2) is 0 Å². The minimum Gasteiger partial charge on any atom is -0.488 e. The highest BCUT2D eigenvalue weighted by Gasteiger charge is 2.28. The van der Waals surface area contributed by atoms with Gasteiger partial charge >= 0.3 is 0 Å². The molecule has 24 heavy (non-hydrogen) atoms. The molecule has 1 aliphatic heterocycles. The van der Waals surface area contributed by atoms with Crippen LogP contribution in [-0.4, -0.2) is 11.1 Å². The van der Waals surface area contributed by atoms with Crippen molar-refractivity contribution in [3.63, 3.8) is 0 Å². The van der Waals surface area contributed by atoms with E-state index >= 15 is 0 Å². The second kappa shape index (κ2) is 6.02. The molecular formula is C18H13ClN2O3. The Morgan fingerprint density at radius 1 is 1.17 bits per heavy atom. The van der Waals surface area contributed by atoms with Crippen molar-refractivity contribution in [2.75, 3.05) is 0 Å². The number of benzene rings is 2. The summed E-state index contributed by atoms with van der Waals surface area (Å²) in [5, 5.41) is 7.43. The summed E-state index contributed by atoms with van der Waals surface area (Å²) >= 11 is 5.85. The third kappa shape index (κ3) is 2.63. The minimum absolute atomic E-state index is 0.258. The number of nitrogens with one attached hydrogen (secondary N) is 1. The van der Waals surface area contributed by atoms with Crippen LogP contribution in [0.2, 0.25) is 5.02 Å². The summed E-state index contributed by atoms with van der Waals surface area (Å²) in [6, 6.07) is 14.8. The highest BCUT2D eigenvalue weighted by Crippen LogP contribution is 2.38. The van der Waals surface area contributed by atoms with Crippen molar-refractivity contribution in [1.29, 1.82) is 0 Å². The van der Waals surface area contributed by atoms with E-state index < -0.39 is 0 Å². The molecule has 0 aliphatic carbocycles. The molecule has 6 heteroatoms. The molecule has 2 heterocycles. The third-order valence-electron chi connectivity index (χ3n) is 3.87. The molecule has 0 bridgehead atoms. The highest BCUT2D eigenvalue weighted by atomic mass is 35.5. The zero-order valence-corrected chi connectivity index (χ0v) is 13.3. The number of rotatable bonds is 3. The lowest BCUT2D eigenvalue weighted by molar-refractivity contribution is 0.0940. The van der Waals surface area contributed by atoms with Crippen LogP contribution in [0.3, 0.4) is 0 Å². The fraction of sp³-hybridized carbons (Fsp3) is 0.111. The van der Waals surface area contributed by atoms with Crippen molar-refractivity contribution in [1.82, 2.24) is 10.5 Å². The van der Waals surface area contributed by atoms with Gasteiger partial charge in [0.25, 0.3) is 5.91 Å². The minimum atomic E-state index is -0.294. The van der Waals surface area contributed by atoms with Gasteiger partial charge in [-0.05, 0) is 29.8 Å². The van der Waals surface area contributed by atoms with Crippen molar-refractivity contribution >= 4 is 17.5 Å². The summed E-state index contributed by atoms with van der Waals surface area (Å²) in [4.78, 5) is 12.4. The van der Waals surface area contributed by atoms with Crippen molar-refractivity contribution < 1.29 is 14.1 Å². The van der Waals surface area contributed by atoms with Gasteiger partial charge in [-0.2, -0.15) is 0 Å². The number of carbonyl (C=O) groups excluding carboxylic acids is 1. The Kier molecular flexibility index (Phi) is 3.70. The fourth-order valence-electron chi connectivity index (χ4n) is 2.63. The first-order valence-corrected chi connectivity index (χ1v) is 7.83. The maximum absolute atomic E-state index is 12.4. The van der Waals surface area contributed by atoms with Gasteiger partial charge in [0.05, 0.1) is 11.1 Å². The molecule has 1 N–H and O–H groups in total. The molecule has 0 radical (unpaired) electrons. The Morgan fingerprint density at radius 2 is 1.96 bits per heavy atom. The standard InChI is InChI=1S/C18H13ClN2O3/c19-12-7-5-11(6-8-12)9-20-18(22)16-14-10-23-15-4-2-1-3-13(15)17(14)24-21-16/h1-8H,9-10H2,(H,20,22). The molecule has 1 amide bonds. The Morgan fingerprint density at radius 3 is 2.79 bits per heavy atom. The van der Waals surface area contributed by atoms with E-state index in [0.29, 0.717) is 22.9 Å². The van der Waals surface area contributed by atoms with E-state index in [1.54, 1.807) is 12.1 Å². The Bertz CT molecular complexity index is 903. The van der Waals surface area contributed by atoms with Gasteiger partial charge in [-0.3, -0.25) is 4.79 Å². The van der Waals surface area contributed by atoms with Gasteiger partial charge in [-0.1, -0.05) is 41.0 Å². The molecule has 5 nitrogen and oxygen atoms in total. The number of aromatic nitrogens is 1. The molecule has 1 aliphatic rings. The molecule has 0 saturated carbocycles. The summed E-state index contributed by atoms with van der Waals surface area (Å²) in [5.74, 6) is 1.03. The van der Waals surface area contributed by atoms with E-state index in [-0.39, 0.29) is 18.2 Å². The lowest BCUT2D eigenvalue weighted by Gasteiger charge is -2.15. The molecule has 0 spiro atoms. The van der Waals surface area contributed by atoms with Crippen LogP contribution in [0, 0.1) is 0 Å².